The van der Waals surface area contributed by atoms with E-state index in [-0.39, 0.29) is 24.6 Å². The van der Waals surface area contributed by atoms with Crippen LogP contribution in [-0.4, -0.2) is 65.7 Å². The molecule has 1 saturated heterocycles. The first kappa shape index (κ1) is 14.4. The Hall–Kier alpha value is -0.650. The van der Waals surface area contributed by atoms with Crippen molar-refractivity contribution in [1.29, 1.82) is 0 Å². The standard InChI is InChI=1S/C12H25N3O2/c1-3-10(9-16)14-5-7-15(8-6-14)11(4-2)12(13)17/h10-11,16H,3-9H2,1-2H3,(H2,13,17)/t10-,11-/m0/s1. The van der Waals surface area contributed by atoms with E-state index in [2.05, 4.69) is 16.7 Å². The first-order chi connectivity index (χ1) is 8.13. The zero-order chi connectivity index (χ0) is 12.8. The third-order valence-electron chi connectivity index (χ3n) is 3.70. The minimum Gasteiger partial charge on any atom is -0.395 e. The van der Waals surface area contributed by atoms with E-state index in [0.29, 0.717) is 0 Å². The van der Waals surface area contributed by atoms with E-state index >= 15 is 0 Å². The Kier molecular flexibility index (Phi) is 5.88. The van der Waals surface area contributed by atoms with E-state index < -0.39 is 0 Å². The topological polar surface area (TPSA) is 69.8 Å². The van der Waals surface area contributed by atoms with Crippen LogP contribution in [-0.2, 0) is 4.79 Å². The summed E-state index contributed by atoms with van der Waals surface area (Å²) in [4.78, 5) is 15.7. The number of rotatable bonds is 6. The summed E-state index contributed by atoms with van der Waals surface area (Å²) in [6.45, 7) is 7.82. The molecule has 0 saturated carbocycles. The number of aliphatic hydroxyl groups is 1. The molecule has 3 N–H and O–H groups in total. The highest BCUT2D eigenvalue weighted by Crippen LogP contribution is 2.12. The number of carbonyl (C=O) groups is 1. The first-order valence-corrected chi connectivity index (χ1v) is 6.52. The van der Waals surface area contributed by atoms with Gasteiger partial charge in [-0.3, -0.25) is 14.6 Å². The molecule has 17 heavy (non-hydrogen) atoms. The van der Waals surface area contributed by atoms with Gasteiger partial charge in [-0.2, -0.15) is 0 Å². The van der Waals surface area contributed by atoms with Crippen molar-refractivity contribution in [3.05, 3.63) is 0 Å². The predicted molar refractivity (Wildman–Crippen MR) is 67.6 cm³/mol. The van der Waals surface area contributed by atoms with Gasteiger partial charge in [0.2, 0.25) is 5.91 Å². The molecule has 1 amide bonds. The molecule has 5 nitrogen and oxygen atoms in total. The van der Waals surface area contributed by atoms with E-state index in [0.717, 1.165) is 39.0 Å². The van der Waals surface area contributed by atoms with Gasteiger partial charge < -0.3 is 10.8 Å². The Morgan fingerprint density at radius 2 is 1.71 bits per heavy atom. The number of hydrogen-bond acceptors (Lipinski definition) is 4. The number of primary amides is 1. The second-order valence-corrected chi connectivity index (χ2v) is 4.64. The monoisotopic (exact) mass is 243 g/mol. The zero-order valence-corrected chi connectivity index (χ0v) is 10.9. The van der Waals surface area contributed by atoms with E-state index in [9.17, 15) is 9.90 Å². The molecule has 0 bridgehead atoms. The molecular formula is C12H25N3O2. The average molecular weight is 243 g/mol. The van der Waals surface area contributed by atoms with Crippen LogP contribution in [0.3, 0.4) is 0 Å². The van der Waals surface area contributed by atoms with Crippen LogP contribution < -0.4 is 5.73 Å². The van der Waals surface area contributed by atoms with Crippen molar-refractivity contribution in [2.24, 2.45) is 5.73 Å². The highest BCUT2D eigenvalue weighted by atomic mass is 16.3. The van der Waals surface area contributed by atoms with Gasteiger partial charge in [-0.15, -0.1) is 0 Å². The molecule has 5 heteroatoms. The third-order valence-corrected chi connectivity index (χ3v) is 3.70. The Morgan fingerprint density at radius 3 is 2.06 bits per heavy atom. The van der Waals surface area contributed by atoms with Crippen molar-refractivity contribution < 1.29 is 9.90 Å². The Labute approximate surface area is 104 Å². The van der Waals surface area contributed by atoms with E-state index in [1.165, 1.54) is 0 Å². The van der Waals surface area contributed by atoms with Crippen molar-refractivity contribution in [1.82, 2.24) is 9.80 Å². The van der Waals surface area contributed by atoms with Crippen LogP contribution in [0.1, 0.15) is 26.7 Å². The van der Waals surface area contributed by atoms with Gasteiger partial charge in [-0.05, 0) is 12.8 Å². The van der Waals surface area contributed by atoms with Crippen molar-refractivity contribution >= 4 is 5.91 Å². The number of hydrogen-bond donors (Lipinski definition) is 2. The highest BCUT2D eigenvalue weighted by Gasteiger charge is 2.28. The summed E-state index contributed by atoms with van der Waals surface area (Å²) in [7, 11) is 0. The summed E-state index contributed by atoms with van der Waals surface area (Å²) >= 11 is 0. The Morgan fingerprint density at radius 1 is 1.18 bits per heavy atom. The summed E-state index contributed by atoms with van der Waals surface area (Å²) in [6.07, 6.45) is 1.73. The fraction of sp³-hybridized carbons (Fsp3) is 0.917. The van der Waals surface area contributed by atoms with Crippen molar-refractivity contribution in [3.63, 3.8) is 0 Å². The molecule has 0 aromatic rings. The van der Waals surface area contributed by atoms with Gasteiger partial charge in [0.25, 0.3) is 0 Å². The lowest BCUT2D eigenvalue weighted by Gasteiger charge is -2.40. The van der Waals surface area contributed by atoms with Gasteiger partial charge >= 0.3 is 0 Å². The third kappa shape index (κ3) is 3.66. The molecule has 1 aliphatic rings. The lowest BCUT2D eigenvalue weighted by molar-refractivity contribution is -0.124. The van der Waals surface area contributed by atoms with Crippen LogP contribution in [0.25, 0.3) is 0 Å². The molecule has 1 aliphatic heterocycles. The lowest BCUT2D eigenvalue weighted by atomic mass is 10.1. The minimum absolute atomic E-state index is 0.133. The van der Waals surface area contributed by atoms with Crippen LogP contribution in [0.2, 0.25) is 0 Å². The molecular weight excluding hydrogens is 218 g/mol. The average Bonchev–Trinajstić information content (AvgIpc) is 2.33. The summed E-state index contributed by atoms with van der Waals surface area (Å²) < 4.78 is 0. The van der Waals surface area contributed by atoms with Gasteiger partial charge in [-0.25, -0.2) is 0 Å². The van der Waals surface area contributed by atoms with E-state index in [4.69, 9.17) is 5.73 Å². The summed E-state index contributed by atoms with van der Waals surface area (Å²) in [5.41, 5.74) is 5.39. The normalized spacial score (nSPS) is 22.3. The predicted octanol–water partition coefficient (Wildman–Crippen LogP) is -0.361. The maximum Gasteiger partial charge on any atom is 0.234 e. The Bertz CT molecular complexity index is 236. The second-order valence-electron chi connectivity index (χ2n) is 4.64. The van der Waals surface area contributed by atoms with Crippen LogP contribution in [0.15, 0.2) is 0 Å². The number of aliphatic hydroxyl groups excluding tert-OH is 1. The molecule has 0 aliphatic carbocycles. The van der Waals surface area contributed by atoms with E-state index in [1.807, 2.05) is 6.92 Å². The maximum absolute atomic E-state index is 11.3. The fourth-order valence-electron chi connectivity index (χ4n) is 2.56. The van der Waals surface area contributed by atoms with Gasteiger partial charge in [-0.1, -0.05) is 13.8 Å². The van der Waals surface area contributed by atoms with Crippen molar-refractivity contribution in [2.75, 3.05) is 32.8 Å². The van der Waals surface area contributed by atoms with Crippen LogP contribution >= 0.6 is 0 Å². The van der Waals surface area contributed by atoms with Crippen molar-refractivity contribution in [2.45, 2.75) is 38.8 Å². The molecule has 0 radical (unpaired) electrons. The van der Waals surface area contributed by atoms with Gasteiger partial charge in [0.1, 0.15) is 0 Å². The number of piperazine rings is 1. The van der Waals surface area contributed by atoms with Crippen LogP contribution in [0, 0.1) is 0 Å². The highest BCUT2D eigenvalue weighted by molar-refractivity contribution is 5.79. The molecule has 0 spiro atoms. The van der Waals surface area contributed by atoms with Gasteiger partial charge in [0.15, 0.2) is 0 Å². The Balaban J connectivity index is 2.47. The maximum atomic E-state index is 11.3. The smallest absolute Gasteiger partial charge is 0.234 e. The SMILES string of the molecule is CC[C@@H](CO)N1CCN([C@@H](CC)C(N)=O)CC1. The molecule has 100 valence electrons. The van der Waals surface area contributed by atoms with E-state index in [1.54, 1.807) is 0 Å². The first-order valence-electron chi connectivity index (χ1n) is 6.52. The van der Waals surface area contributed by atoms with Crippen LogP contribution in [0.4, 0.5) is 0 Å². The van der Waals surface area contributed by atoms with Crippen molar-refractivity contribution in [3.8, 4) is 0 Å². The molecule has 1 fully saturated rings. The number of amides is 1. The summed E-state index contributed by atoms with van der Waals surface area (Å²) in [6, 6.07) is 0.122. The largest absolute Gasteiger partial charge is 0.395 e. The number of nitrogens with two attached hydrogens (primary N) is 1. The minimum atomic E-state index is -0.227. The molecule has 2 atom stereocenters. The lowest BCUT2D eigenvalue weighted by Crippen LogP contribution is -2.56. The summed E-state index contributed by atoms with van der Waals surface area (Å²) in [5.74, 6) is -0.227. The quantitative estimate of drug-likeness (QED) is 0.668. The van der Waals surface area contributed by atoms with Crippen LogP contribution in [0.5, 0.6) is 0 Å². The molecule has 0 unspecified atom stereocenters. The van der Waals surface area contributed by atoms with Gasteiger partial charge in [0.05, 0.1) is 12.6 Å². The molecule has 0 aromatic carbocycles. The fourth-order valence-corrected chi connectivity index (χ4v) is 2.56. The number of nitrogens with zero attached hydrogens (tertiary/aromatic N) is 2. The molecule has 1 heterocycles. The molecule has 0 aromatic heterocycles. The van der Waals surface area contributed by atoms with Gasteiger partial charge in [0, 0.05) is 32.2 Å². The zero-order valence-electron chi connectivity index (χ0n) is 10.9. The second kappa shape index (κ2) is 6.93. The summed E-state index contributed by atoms with van der Waals surface area (Å²) in [5, 5.41) is 9.26. The molecule has 1 rings (SSSR count). The number of carbonyl (C=O) groups excluding carboxylic acids is 1.